The lowest BCUT2D eigenvalue weighted by atomic mass is 10.0. The summed E-state index contributed by atoms with van der Waals surface area (Å²) in [5, 5.41) is 15.4. The molecular weight excluding hydrogens is 297 g/mol. The molecule has 0 fully saturated rings. The zero-order valence-electron chi connectivity index (χ0n) is 12.0. The average molecular weight is 309 g/mol. The lowest BCUT2D eigenvalue weighted by molar-refractivity contribution is -0.125. The van der Waals surface area contributed by atoms with Crippen molar-refractivity contribution in [3.63, 3.8) is 0 Å². The molecule has 1 N–H and O–H groups in total. The number of hydrogen-bond donors (Lipinski definition) is 1. The van der Waals surface area contributed by atoms with E-state index in [0.29, 0.717) is 22.5 Å². The van der Waals surface area contributed by atoms with E-state index < -0.39 is 6.10 Å². The topological polar surface area (TPSA) is 74.5 Å². The average Bonchev–Trinajstić information content (AvgIpc) is 3.05. The second kappa shape index (κ2) is 6.28. The van der Waals surface area contributed by atoms with Crippen LogP contribution in [0.2, 0.25) is 0 Å². The molecule has 0 spiro atoms. The number of rotatable bonds is 3. The predicted octanol–water partition coefficient (Wildman–Crippen LogP) is 2.83. The molecule has 0 saturated carbocycles. The molecule has 0 saturated heterocycles. The van der Waals surface area contributed by atoms with Crippen molar-refractivity contribution in [2.75, 3.05) is 5.32 Å². The van der Waals surface area contributed by atoms with E-state index >= 15 is 0 Å². The highest BCUT2D eigenvalue weighted by Crippen LogP contribution is 2.19. The van der Waals surface area contributed by atoms with Crippen molar-refractivity contribution in [3.8, 4) is 6.07 Å². The molecule has 0 radical (unpaired) electrons. The number of carbonyl (C=O) groups is 1. The van der Waals surface area contributed by atoms with Crippen LogP contribution in [0.25, 0.3) is 0 Å². The number of anilines is 1. The zero-order chi connectivity index (χ0) is 16.2. The third-order valence-corrected chi connectivity index (χ3v) is 3.38. The number of halogens is 1. The molecule has 1 heterocycles. The summed E-state index contributed by atoms with van der Waals surface area (Å²) in [6, 6.07) is 14.6. The van der Waals surface area contributed by atoms with Gasteiger partial charge in [-0.25, -0.2) is 4.39 Å². The monoisotopic (exact) mass is 309 g/mol. The van der Waals surface area contributed by atoms with Crippen molar-refractivity contribution in [1.82, 2.24) is 0 Å². The highest BCUT2D eigenvalue weighted by Gasteiger charge is 2.29. The molecule has 23 heavy (non-hydrogen) atoms. The fourth-order valence-electron chi connectivity index (χ4n) is 2.25. The van der Waals surface area contributed by atoms with Gasteiger partial charge in [0, 0.05) is 17.7 Å². The quantitative estimate of drug-likeness (QED) is 0.947. The van der Waals surface area contributed by atoms with Gasteiger partial charge >= 0.3 is 0 Å². The Morgan fingerprint density at radius 2 is 2.13 bits per heavy atom. The van der Waals surface area contributed by atoms with E-state index in [1.165, 1.54) is 12.1 Å². The van der Waals surface area contributed by atoms with E-state index in [9.17, 15) is 9.18 Å². The summed E-state index contributed by atoms with van der Waals surface area (Å²) in [4.78, 5) is 17.3. The maximum atomic E-state index is 13.2. The minimum absolute atomic E-state index is 0.257. The highest BCUT2D eigenvalue weighted by molar-refractivity contribution is 6.06. The Kier molecular flexibility index (Phi) is 4.02. The zero-order valence-corrected chi connectivity index (χ0v) is 12.0. The van der Waals surface area contributed by atoms with Gasteiger partial charge in [0.25, 0.3) is 5.91 Å². The number of amides is 1. The Balaban J connectivity index is 1.66. The van der Waals surface area contributed by atoms with Crippen molar-refractivity contribution in [2.45, 2.75) is 12.5 Å². The maximum absolute atomic E-state index is 13.2. The van der Waals surface area contributed by atoms with E-state index in [4.69, 9.17) is 10.1 Å². The number of nitriles is 1. The number of nitrogens with zero attached hydrogens (tertiary/aromatic N) is 2. The van der Waals surface area contributed by atoms with Crippen LogP contribution in [0.15, 0.2) is 53.7 Å². The first kappa shape index (κ1) is 14.7. The Bertz CT molecular complexity index is 827. The summed E-state index contributed by atoms with van der Waals surface area (Å²) >= 11 is 0. The summed E-state index contributed by atoms with van der Waals surface area (Å²) in [7, 11) is 0. The first-order chi connectivity index (χ1) is 11.2. The Labute approximate surface area is 132 Å². The van der Waals surface area contributed by atoms with Crippen molar-refractivity contribution < 1.29 is 14.0 Å². The first-order valence-corrected chi connectivity index (χ1v) is 6.95. The Hall–Kier alpha value is -3.20. The van der Waals surface area contributed by atoms with Crippen LogP contribution in [0.1, 0.15) is 17.5 Å². The Morgan fingerprint density at radius 3 is 2.91 bits per heavy atom. The molecule has 6 heteroatoms. The first-order valence-electron chi connectivity index (χ1n) is 6.95. The van der Waals surface area contributed by atoms with Crippen LogP contribution in [0, 0.1) is 17.1 Å². The van der Waals surface area contributed by atoms with Crippen LogP contribution in [0.4, 0.5) is 10.1 Å². The maximum Gasteiger partial charge on any atom is 0.268 e. The second-order valence-electron chi connectivity index (χ2n) is 5.03. The molecule has 1 aliphatic heterocycles. The minimum atomic E-state index is -0.779. The van der Waals surface area contributed by atoms with Crippen LogP contribution >= 0.6 is 0 Å². The molecular formula is C17H12FN3O2. The van der Waals surface area contributed by atoms with Gasteiger partial charge in [0.15, 0.2) is 0 Å². The lowest BCUT2D eigenvalue weighted by Gasteiger charge is -2.09. The predicted molar refractivity (Wildman–Crippen MR) is 82.2 cm³/mol. The SMILES string of the molecule is N#Cc1cccc(NC(=O)C2CC(c3cccc(F)c3)=NO2)c1. The highest BCUT2D eigenvalue weighted by atomic mass is 19.1. The molecule has 2 aromatic carbocycles. The smallest absolute Gasteiger partial charge is 0.268 e. The summed E-state index contributed by atoms with van der Waals surface area (Å²) in [6.07, 6.45) is -0.522. The summed E-state index contributed by atoms with van der Waals surface area (Å²) in [6.45, 7) is 0. The number of hydrogen-bond acceptors (Lipinski definition) is 4. The van der Waals surface area contributed by atoms with Crippen LogP contribution in [0.5, 0.6) is 0 Å². The van der Waals surface area contributed by atoms with Crippen LogP contribution < -0.4 is 5.32 Å². The van der Waals surface area contributed by atoms with E-state index in [2.05, 4.69) is 10.5 Å². The van der Waals surface area contributed by atoms with Gasteiger partial charge in [-0.1, -0.05) is 23.4 Å². The van der Waals surface area contributed by atoms with E-state index in [1.807, 2.05) is 6.07 Å². The molecule has 1 atom stereocenters. The van der Waals surface area contributed by atoms with E-state index in [1.54, 1.807) is 36.4 Å². The van der Waals surface area contributed by atoms with Gasteiger partial charge in [-0.15, -0.1) is 0 Å². The van der Waals surface area contributed by atoms with Crippen LogP contribution in [-0.4, -0.2) is 17.7 Å². The molecule has 2 aromatic rings. The number of nitrogens with one attached hydrogen (secondary N) is 1. The molecule has 1 unspecified atom stereocenters. The Morgan fingerprint density at radius 1 is 1.30 bits per heavy atom. The molecule has 0 aromatic heterocycles. The third-order valence-electron chi connectivity index (χ3n) is 3.38. The largest absolute Gasteiger partial charge is 0.382 e. The van der Waals surface area contributed by atoms with Gasteiger partial charge in [-0.05, 0) is 30.3 Å². The molecule has 3 rings (SSSR count). The molecule has 5 nitrogen and oxygen atoms in total. The van der Waals surface area contributed by atoms with Crippen molar-refractivity contribution >= 4 is 17.3 Å². The van der Waals surface area contributed by atoms with Gasteiger partial charge in [0.05, 0.1) is 17.3 Å². The van der Waals surface area contributed by atoms with Crippen LogP contribution in [-0.2, 0) is 9.63 Å². The van der Waals surface area contributed by atoms with Gasteiger partial charge in [-0.2, -0.15) is 5.26 Å². The fourth-order valence-corrected chi connectivity index (χ4v) is 2.25. The fraction of sp³-hybridized carbons (Fsp3) is 0.118. The third kappa shape index (κ3) is 3.35. The minimum Gasteiger partial charge on any atom is -0.382 e. The van der Waals surface area contributed by atoms with Gasteiger partial charge < -0.3 is 10.2 Å². The van der Waals surface area contributed by atoms with Crippen molar-refractivity contribution in [3.05, 3.63) is 65.5 Å². The van der Waals surface area contributed by atoms with E-state index in [0.717, 1.165) is 0 Å². The number of benzene rings is 2. The molecule has 1 amide bonds. The standard InChI is InChI=1S/C17H12FN3O2/c18-13-5-2-4-12(8-13)15-9-16(23-21-15)17(22)20-14-6-1-3-11(7-14)10-19/h1-8,16H,9H2,(H,20,22). The van der Waals surface area contributed by atoms with Gasteiger partial charge in [0.2, 0.25) is 6.10 Å². The number of carbonyl (C=O) groups excluding carboxylic acids is 1. The molecule has 0 aliphatic carbocycles. The summed E-state index contributed by atoms with van der Waals surface area (Å²) < 4.78 is 13.2. The summed E-state index contributed by atoms with van der Waals surface area (Å²) in [5.74, 6) is -0.735. The molecule has 0 bridgehead atoms. The van der Waals surface area contributed by atoms with E-state index in [-0.39, 0.29) is 18.1 Å². The number of oxime groups is 1. The normalized spacial score (nSPS) is 16.2. The van der Waals surface area contributed by atoms with Gasteiger partial charge in [-0.3, -0.25) is 4.79 Å². The van der Waals surface area contributed by atoms with Crippen molar-refractivity contribution in [1.29, 1.82) is 5.26 Å². The van der Waals surface area contributed by atoms with Gasteiger partial charge in [0.1, 0.15) is 5.82 Å². The molecule has 1 aliphatic rings. The lowest BCUT2D eigenvalue weighted by Crippen LogP contribution is -2.28. The van der Waals surface area contributed by atoms with Crippen molar-refractivity contribution in [2.24, 2.45) is 5.16 Å². The summed E-state index contributed by atoms with van der Waals surface area (Å²) in [5.41, 5.74) is 2.07. The second-order valence-corrected chi connectivity index (χ2v) is 5.03. The molecule has 114 valence electrons. The van der Waals surface area contributed by atoms with Crippen LogP contribution in [0.3, 0.4) is 0 Å².